The Morgan fingerprint density at radius 3 is 2.07 bits per heavy atom. The summed E-state index contributed by atoms with van der Waals surface area (Å²) in [5.41, 5.74) is 2.69. The first-order valence-corrected chi connectivity index (χ1v) is 13.0. The number of imide groups is 1. The molecular weight excluding hydrogens is 544 g/mol. The fourth-order valence-electron chi connectivity index (χ4n) is 4.23. The summed E-state index contributed by atoms with van der Waals surface area (Å²) in [4.78, 5) is 52.1. The van der Waals surface area contributed by atoms with Crippen LogP contribution in [0, 0.1) is 0 Å². The molecule has 1 aliphatic rings. The van der Waals surface area contributed by atoms with Crippen molar-refractivity contribution in [3.63, 3.8) is 0 Å². The van der Waals surface area contributed by atoms with Crippen LogP contribution < -0.4 is 15.0 Å². The molecule has 0 saturated carbocycles. The van der Waals surface area contributed by atoms with Crippen molar-refractivity contribution >= 4 is 46.7 Å². The van der Waals surface area contributed by atoms with Gasteiger partial charge in [-0.15, -0.1) is 0 Å². The van der Waals surface area contributed by atoms with E-state index in [1.54, 1.807) is 43.3 Å². The van der Waals surface area contributed by atoms with Crippen molar-refractivity contribution in [3.8, 4) is 16.9 Å². The summed E-state index contributed by atoms with van der Waals surface area (Å²) >= 11 is 6.25. The third kappa shape index (κ3) is 5.73. The van der Waals surface area contributed by atoms with E-state index in [0.717, 1.165) is 16.0 Å². The lowest BCUT2D eigenvalue weighted by molar-refractivity contribution is -0.120. The van der Waals surface area contributed by atoms with E-state index in [2.05, 4.69) is 5.32 Å². The molecule has 5 rings (SSSR count). The third-order valence-electron chi connectivity index (χ3n) is 6.23. The van der Waals surface area contributed by atoms with E-state index in [1.807, 2.05) is 42.5 Å². The Kier molecular flexibility index (Phi) is 7.94. The molecule has 0 radical (unpaired) electrons. The number of hydrogen-bond acceptors (Lipinski definition) is 7. The Balaban J connectivity index is 1.27. The van der Waals surface area contributed by atoms with Gasteiger partial charge in [-0.25, -0.2) is 14.5 Å². The monoisotopic (exact) mass is 566 g/mol. The molecule has 0 bridgehead atoms. The van der Waals surface area contributed by atoms with Gasteiger partial charge in [0, 0.05) is 5.69 Å². The number of halogens is 1. The second kappa shape index (κ2) is 11.9. The van der Waals surface area contributed by atoms with Gasteiger partial charge in [0.1, 0.15) is 16.5 Å². The maximum atomic E-state index is 13.2. The van der Waals surface area contributed by atoms with Gasteiger partial charge in [-0.1, -0.05) is 66.2 Å². The Hall–Kier alpha value is -5.21. The van der Waals surface area contributed by atoms with Gasteiger partial charge in [0.2, 0.25) is 0 Å². The first kappa shape index (κ1) is 27.4. The molecule has 1 heterocycles. The van der Waals surface area contributed by atoms with Crippen LogP contribution in [-0.4, -0.2) is 30.4 Å². The number of rotatable bonds is 8. The van der Waals surface area contributed by atoms with E-state index in [4.69, 9.17) is 21.1 Å². The number of anilines is 2. The molecule has 0 atom stereocenters. The summed E-state index contributed by atoms with van der Waals surface area (Å²) in [7, 11) is 0. The van der Waals surface area contributed by atoms with E-state index in [9.17, 15) is 19.2 Å². The molecule has 0 aliphatic carbocycles. The zero-order valence-corrected chi connectivity index (χ0v) is 22.6. The van der Waals surface area contributed by atoms with Crippen LogP contribution in [0.4, 0.5) is 11.4 Å². The zero-order chi connectivity index (χ0) is 28.9. The SMILES string of the molecule is CCOC(=O)c1ccccc1N1C(=O)C(Cl)=C(Nc2ccc(C(=O)Oc3ccc(-c4ccccc4)cc3)cc2)C1=O. The molecule has 2 amide bonds. The maximum Gasteiger partial charge on any atom is 0.343 e. The lowest BCUT2D eigenvalue weighted by Crippen LogP contribution is -2.33. The molecule has 9 heteroatoms. The molecule has 1 N–H and O–H groups in total. The number of nitrogens with one attached hydrogen (secondary N) is 1. The molecule has 41 heavy (non-hydrogen) atoms. The molecule has 0 saturated heterocycles. The zero-order valence-electron chi connectivity index (χ0n) is 21.8. The fraction of sp³-hybridized carbons (Fsp3) is 0.0625. The molecule has 0 unspecified atom stereocenters. The van der Waals surface area contributed by atoms with Crippen LogP contribution in [0.15, 0.2) is 114 Å². The number of amides is 2. The highest BCUT2D eigenvalue weighted by atomic mass is 35.5. The molecule has 4 aromatic rings. The van der Waals surface area contributed by atoms with Crippen LogP contribution in [0.1, 0.15) is 27.6 Å². The number of para-hydroxylation sites is 1. The number of benzene rings is 4. The standard InChI is InChI=1S/C32H23ClN2O6/c1-2-40-32(39)25-10-6-7-11-26(25)35-29(36)27(33)28(30(35)37)34-23-16-12-22(13-17-23)31(38)41-24-18-14-21(15-19-24)20-8-4-3-5-9-20/h3-19,34H,2H2,1H3. The molecular formula is C32H23ClN2O6. The Bertz CT molecular complexity index is 1660. The molecule has 0 fully saturated rings. The lowest BCUT2D eigenvalue weighted by atomic mass is 10.1. The number of esters is 2. The summed E-state index contributed by atoms with van der Waals surface area (Å²) in [6.07, 6.45) is 0. The van der Waals surface area contributed by atoms with E-state index in [0.29, 0.717) is 11.4 Å². The fourth-order valence-corrected chi connectivity index (χ4v) is 4.44. The normalized spacial score (nSPS) is 12.9. The minimum Gasteiger partial charge on any atom is -0.462 e. The third-order valence-corrected chi connectivity index (χ3v) is 6.58. The molecule has 204 valence electrons. The molecule has 0 spiro atoms. The molecule has 8 nitrogen and oxygen atoms in total. The summed E-state index contributed by atoms with van der Waals surface area (Å²) in [6, 6.07) is 29.3. The summed E-state index contributed by atoms with van der Waals surface area (Å²) in [5.74, 6) is -2.35. The van der Waals surface area contributed by atoms with Crippen molar-refractivity contribution in [2.24, 2.45) is 0 Å². The van der Waals surface area contributed by atoms with Gasteiger partial charge < -0.3 is 14.8 Å². The number of carbonyl (C=O) groups is 4. The second-order valence-electron chi connectivity index (χ2n) is 8.85. The van der Waals surface area contributed by atoms with Crippen LogP contribution in [-0.2, 0) is 14.3 Å². The van der Waals surface area contributed by atoms with Gasteiger partial charge in [0.05, 0.1) is 23.4 Å². The first-order chi connectivity index (χ1) is 19.9. The minimum atomic E-state index is -0.783. The number of ether oxygens (including phenoxy) is 2. The highest BCUT2D eigenvalue weighted by Gasteiger charge is 2.40. The van der Waals surface area contributed by atoms with Crippen molar-refractivity contribution in [1.29, 1.82) is 0 Å². The van der Waals surface area contributed by atoms with Gasteiger partial charge in [-0.05, 0) is 66.6 Å². The molecule has 1 aliphatic heterocycles. The molecule has 4 aromatic carbocycles. The van der Waals surface area contributed by atoms with Crippen LogP contribution in [0.3, 0.4) is 0 Å². The minimum absolute atomic E-state index is 0.0549. The summed E-state index contributed by atoms with van der Waals surface area (Å²) in [5, 5.41) is 2.51. The lowest BCUT2D eigenvalue weighted by Gasteiger charge is -2.18. The smallest absolute Gasteiger partial charge is 0.343 e. The van der Waals surface area contributed by atoms with Crippen molar-refractivity contribution in [3.05, 3.63) is 125 Å². The average molecular weight is 567 g/mol. The van der Waals surface area contributed by atoms with Gasteiger partial charge in [0.25, 0.3) is 11.8 Å². The maximum absolute atomic E-state index is 13.2. The van der Waals surface area contributed by atoms with Crippen molar-refractivity contribution < 1.29 is 28.7 Å². The van der Waals surface area contributed by atoms with Gasteiger partial charge >= 0.3 is 11.9 Å². The van der Waals surface area contributed by atoms with Crippen LogP contribution >= 0.6 is 11.6 Å². The van der Waals surface area contributed by atoms with Crippen LogP contribution in [0.2, 0.25) is 0 Å². The number of carbonyl (C=O) groups excluding carboxylic acids is 4. The van der Waals surface area contributed by atoms with Gasteiger partial charge in [0.15, 0.2) is 0 Å². The predicted octanol–water partition coefficient (Wildman–Crippen LogP) is 6.19. The van der Waals surface area contributed by atoms with Crippen molar-refractivity contribution in [2.75, 3.05) is 16.8 Å². The highest BCUT2D eigenvalue weighted by molar-refractivity contribution is 6.53. The highest BCUT2D eigenvalue weighted by Crippen LogP contribution is 2.32. The summed E-state index contributed by atoms with van der Waals surface area (Å²) < 4.78 is 10.5. The largest absolute Gasteiger partial charge is 0.462 e. The van der Waals surface area contributed by atoms with E-state index in [1.165, 1.54) is 24.3 Å². The van der Waals surface area contributed by atoms with Crippen LogP contribution in [0.5, 0.6) is 5.75 Å². The molecule has 0 aromatic heterocycles. The second-order valence-corrected chi connectivity index (χ2v) is 9.23. The Morgan fingerprint density at radius 2 is 1.39 bits per heavy atom. The number of hydrogen-bond donors (Lipinski definition) is 1. The van der Waals surface area contributed by atoms with E-state index < -0.39 is 23.8 Å². The Labute approximate surface area is 240 Å². The van der Waals surface area contributed by atoms with Gasteiger partial charge in [-0.3, -0.25) is 9.59 Å². The quantitative estimate of drug-likeness (QED) is 0.154. The average Bonchev–Trinajstić information content (AvgIpc) is 3.21. The predicted molar refractivity (Wildman–Crippen MR) is 155 cm³/mol. The number of nitrogens with zero attached hydrogens (tertiary/aromatic N) is 1. The summed E-state index contributed by atoms with van der Waals surface area (Å²) in [6.45, 7) is 1.78. The van der Waals surface area contributed by atoms with E-state index >= 15 is 0 Å². The van der Waals surface area contributed by atoms with Crippen molar-refractivity contribution in [1.82, 2.24) is 0 Å². The van der Waals surface area contributed by atoms with Gasteiger partial charge in [-0.2, -0.15) is 0 Å². The van der Waals surface area contributed by atoms with Crippen LogP contribution in [0.25, 0.3) is 11.1 Å². The topological polar surface area (TPSA) is 102 Å². The van der Waals surface area contributed by atoms with Crippen molar-refractivity contribution in [2.45, 2.75) is 6.92 Å². The Morgan fingerprint density at radius 1 is 0.756 bits per heavy atom. The van der Waals surface area contributed by atoms with E-state index in [-0.39, 0.29) is 34.2 Å². The first-order valence-electron chi connectivity index (χ1n) is 12.7.